The predicted octanol–water partition coefficient (Wildman–Crippen LogP) is 13.2. The van der Waals surface area contributed by atoms with Crippen LogP contribution in [0, 0.1) is 5.92 Å². The van der Waals surface area contributed by atoms with Crippen LogP contribution in [-0.2, 0) is 6.42 Å². The van der Waals surface area contributed by atoms with Gasteiger partial charge in [-0.15, -0.1) is 0 Å². The number of aromatic nitrogens is 4. The van der Waals surface area contributed by atoms with E-state index in [-0.39, 0.29) is 0 Å². The van der Waals surface area contributed by atoms with E-state index in [2.05, 4.69) is 156 Å². The van der Waals surface area contributed by atoms with Crippen LogP contribution < -0.4 is 0 Å². The lowest BCUT2D eigenvalue weighted by atomic mass is 9.83. The molecule has 5 nitrogen and oxygen atoms in total. The number of rotatable bonds is 5. The number of furan rings is 1. The Bertz CT molecular complexity index is 3370. The first-order valence-corrected chi connectivity index (χ1v) is 19.8. The number of benzene rings is 7. The molecule has 0 bridgehead atoms. The maximum absolute atomic E-state index is 7.05. The van der Waals surface area contributed by atoms with Gasteiger partial charge in [-0.1, -0.05) is 146 Å². The molecule has 1 atom stereocenters. The summed E-state index contributed by atoms with van der Waals surface area (Å²) in [7, 11) is 0. The SMILES string of the molecule is C1=CC2=Cc3c(n(-c4ccc(-c5nc(-c6ccccc6)nc(-c6cccc(-c7ccccc7)c6)n5)c5oc6cc7ccccc7cc6c45)c4ccccc34)CC2C=C1. The van der Waals surface area contributed by atoms with Crippen molar-refractivity contribution in [1.82, 2.24) is 19.5 Å². The standard InChI is InChI=1S/C53H34N4O/c1-3-14-33(15-4-1)35-22-13-23-40(28-35)52-54-51(34-16-5-2-6-17-34)55-53(56-52)42-26-27-46(49-44-30-37-19-8-10-21-39(37)32-48(44)58-50(42)49)57-45-25-12-11-24-41(45)43-29-36-18-7-9-20-38(36)31-47(43)57/h1-30,32,38H,31H2. The predicted molar refractivity (Wildman–Crippen MR) is 237 cm³/mol. The van der Waals surface area contributed by atoms with Crippen LogP contribution in [0.5, 0.6) is 0 Å². The molecule has 12 rings (SSSR count). The molecular formula is C53H34N4O. The molecule has 5 heteroatoms. The number of hydrogen-bond donors (Lipinski definition) is 0. The number of fused-ring (bicyclic) bond motifs is 8. The van der Waals surface area contributed by atoms with Crippen LogP contribution in [-0.4, -0.2) is 19.5 Å². The minimum absolute atomic E-state index is 0.320. The van der Waals surface area contributed by atoms with Crippen LogP contribution in [0.25, 0.3) is 101 Å². The van der Waals surface area contributed by atoms with Crippen LogP contribution in [0.3, 0.4) is 0 Å². The Hall–Kier alpha value is -7.63. The Morgan fingerprint density at radius 1 is 0.552 bits per heavy atom. The van der Waals surface area contributed by atoms with Crippen molar-refractivity contribution in [2.24, 2.45) is 5.92 Å². The van der Waals surface area contributed by atoms with Crippen molar-refractivity contribution in [3.63, 3.8) is 0 Å². The summed E-state index contributed by atoms with van der Waals surface area (Å²) in [5.41, 5.74) is 12.6. The van der Waals surface area contributed by atoms with Crippen molar-refractivity contribution in [3.8, 4) is 51.0 Å². The highest BCUT2D eigenvalue weighted by molar-refractivity contribution is 6.17. The van der Waals surface area contributed by atoms with Crippen LogP contribution in [0.15, 0.2) is 192 Å². The van der Waals surface area contributed by atoms with Crippen LogP contribution in [0.4, 0.5) is 0 Å². The molecule has 2 aliphatic carbocycles. The lowest BCUT2D eigenvalue weighted by Gasteiger charge is -2.24. The number of allylic oxidation sites excluding steroid dienone is 5. The van der Waals surface area contributed by atoms with Gasteiger partial charge in [-0.25, -0.2) is 15.0 Å². The van der Waals surface area contributed by atoms with Gasteiger partial charge in [0.1, 0.15) is 11.2 Å². The summed E-state index contributed by atoms with van der Waals surface area (Å²) < 4.78 is 9.52. The van der Waals surface area contributed by atoms with Crippen molar-refractivity contribution in [2.45, 2.75) is 6.42 Å². The van der Waals surface area contributed by atoms with E-state index >= 15 is 0 Å². The largest absolute Gasteiger partial charge is 0.455 e. The molecule has 0 fully saturated rings. The van der Waals surface area contributed by atoms with Gasteiger partial charge in [-0.2, -0.15) is 0 Å². The maximum atomic E-state index is 7.05. The molecule has 0 spiro atoms. The molecule has 0 saturated heterocycles. The van der Waals surface area contributed by atoms with E-state index in [1.165, 1.54) is 27.7 Å². The summed E-state index contributed by atoms with van der Waals surface area (Å²) in [6.45, 7) is 0. The summed E-state index contributed by atoms with van der Waals surface area (Å²) in [5, 5.41) is 5.62. The fourth-order valence-electron chi connectivity index (χ4n) is 8.99. The van der Waals surface area contributed by atoms with E-state index < -0.39 is 0 Å². The van der Waals surface area contributed by atoms with Crippen molar-refractivity contribution in [1.29, 1.82) is 0 Å². The maximum Gasteiger partial charge on any atom is 0.167 e. The zero-order chi connectivity index (χ0) is 38.2. The average Bonchev–Trinajstić information content (AvgIpc) is 3.82. The third-order valence-corrected chi connectivity index (χ3v) is 11.8. The zero-order valence-electron chi connectivity index (χ0n) is 31.4. The number of hydrogen-bond acceptors (Lipinski definition) is 4. The van der Waals surface area contributed by atoms with Crippen LogP contribution in [0.2, 0.25) is 0 Å². The Balaban J connectivity index is 1.14. The van der Waals surface area contributed by atoms with Gasteiger partial charge in [0.15, 0.2) is 17.5 Å². The van der Waals surface area contributed by atoms with Gasteiger partial charge in [0, 0.05) is 39.1 Å². The topological polar surface area (TPSA) is 56.7 Å². The molecule has 10 aromatic rings. The van der Waals surface area contributed by atoms with Crippen molar-refractivity contribution < 1.29 is 4.42 Å². The highest BCUT2D eigenvalue weighted by Gasteiger charge is 2.29. The third-order valence-electron chi connectivity index (χ3n) is 11.8. The molecular weight excluding hydrogens is 709 g/mol. The monoisotopic (exact) mass is 742 g/mol. The molecule has 0 N–H and O–H groups in total. The Kier molecular flexibility index (Phi) is 7.29. The minimum Gasteiger partial charge on any atom is -0.455 e. The first-order valence-electron chi connectivity index (χ1n) is 19.8. The number of nitrogens with zero attached hydrogens (tertiary/aromatic N) is 4. The first-order chi connectivity index (χ1) is 28.7. The molecule has 0 aliphatic heterocycles. The van der Waals surface area contributed by atoms with Crippen LogP contribution >= 0.6 is 0 Å². The molecule has 272 valence electrons. The Labute approximate surface area is 334 Å². The highest BCUT2D eigenvalue weighted by Crippen LogP contribution is 2.45. The molecule has 0 radical (unpaired) electrons. The average molecular weight is 743 g/mol. The molecule has 3 heterocycles. The second-order valence-electron chi connectivity index (χ2n) is 15.2. The quantitative estimate of drug-likeness (QED) is 0.176. The lowest BCUT2D eigenvalue weighted by molar-refractivity contribution is 0.669. The number of para-hydroxylation sites is 1. The summed E-state index contributed by atoms with van der Waals surface area (Å²) in [4.78, 5) is 15.6. The fraction of sp³-hybridized carbons (Fsp3) is 0.0377. The van der Waals surface area contributed by atoms with E-state index in [4.69, 9.17) is 19.4 Å². The highest BCUT2D eigenvalue weighted by atomic mass is 16.3. The van der Waals surface area contributed by atoms with Gasteiger partial charge in [0.2, 0.25) is 0 Å². The van der Waals surface area contributed by atoms with E-state index in [1.807, 2.05) is 36.4 Å². The Morgan fingerprint density at radius 2 is 1.24 bits per heavy atom. The Morgan fingerprint density at radius 3 is 2.09 bits per heavy atom. The van der Waals surface area contributed by atoms with Crippen molar-refractivity contribution in [2.75, 3.05) is 0 Å². The normalized spacial score (nSPS) is 14.6. The molecule has 1 unspecified atom stereocenters. The summed E-state index contributed by atoms with van der Waals surface area (Å²) in [6, 6.07) is 55.1. The van der Waals surface area contributed by atoms with Gasteiger partial charge in [0.05, 0.1) is 22.2 Å². The van der Waals surface area contributed by atoms with E-state index in [9.17, 15) is 0 Å². The molecule has 2 aliphatic rings. The van der Waals surface area contributed by atoms with Gasteiger partial charge < -0.3 is 8.98 Å². The van der Waals surface area contributed by atoms with Gasteiger partial charge in [-0.05, 0) is 76.4 Å². The van der Waals surface area contributed by atoms with E-state index in [1.54, 1.807) is 0 Å². The molecule has 7 aromatic carbocycles. The van der Waals surface area contributed by atoms with Crippen molar-refractivity contribution in [3.05, 3.63) is 199 Å². The third kappa shape index (κ3) is 5.21. The minimum atomic E-state index is 0.320. The van der Waals surface area contributed by atoms with E-state index in [0.717, 1.165) is 72.6 Å². The van der Waals surface area contributed by atoms with Crippen molar-refractivity contribution >= 4 is 49.7 Å². The second kappa shape index (κ2) is 13.0. The van der Waals surface area contributed by atoms with Gasteiger partial charge in [0.25, 0.3) is 0 Å². The smallest absolute Gasteiger partial charge is 0.167 e. The molecule has 58 heavy (non-hydrogen) atoms. The van der Waals surface area contributed by atoms with E-state index in [0.29, 0.717) is 23.4 Å². The second-order valence-corrected chi connectivity index (χ2v) is 15.2. The fourth-order valence-corrected chi connectivity index (χ4v) is 8.99. The van der Waals surface area contributed by atoms with Crippen LogP contribution in [0.1, 0.15) is 11.3 Å². The zero-order valence-corrected chi connectivity index (χ0v) is 31.4. The summed E-state index contributed by atoms with van der Waals surface area (Å²) in [5.74, 6) is 2.08. The lowest BCUT2D eigenvalue weighted by Crippen LogP contribution is -2.14. The first kappa shape index (κ1) is 32.6. The van der Waals surface area contributed by atoms with Gasteiger partial charge >= 0.3 is 0 Å². The molecule has 3 aromatic heterocycles. The summed E-state index contributed by atoms with van der Waals surface area (Å²) in [6.07, 6.45) is 12.2. The van der Waals surface area contributed by atoms with Gasteiger partial charge in [-0.3, -0.25) is 0 Å². The molecule has 0 saturated carbocycles. The molecule has 0 amide bonds. The summed E-state index contributed by atoms with van der Waals surface area (Å²) >= 11 is 0.